The van der Waals surface area contributed by atoms with Crippen molar-refractivity contribution in [2.24, 2.45) is 9.98 Å². The van der Waals surface area contributed by atoms with E-state index < -0.39 is 0 Å². The lowest BCUT2D eigenvalue weighted by Crippen LogP contribution is -1.83. The molecule has 2 nitrogen and oxygen atoms in total. The van der Waals surface area contributed by atoms with Gasteiger partial charge in [-0.3, -0.25) is 9.98 Å². The summed E-state index contributed by atoms with van der Waals surface area (Å²) >= 11 is 0. The lowest BCUT2D eigenvalue weighted by Gasteiger charge is -2.05. The predicted molar refractivity (Wildman–Crippen MR) is 115 cm³/mol. The Morgan fingerprint density at radius 2 is 1.27 bits per heavy atom. The number of nitrogens with zero attached hydrogens (tertiary/aromatic N) is 2. The maximum atomic E-state index is 4.73. The Labute approximate surface area is 155 Å². The average Bonchev–Trinajstić information content (AvgIpc) is 2.60. The van der Waals surface area contributed by atoms with E-state index in [-0.39, 0.29) is 0 Å². The van der Waals surface area contributed by atoms with Gasteiger partial charge in [0.25, 0.3) is 0 Å². The first-order valence-electron chi connectivity index (χ1n) is 8.85. The Kier molecular flexibility index (Phi) is 5.43. The fourth-order valence-corrected chi connectivity index (χ4v) is 2.88. The first-order valence-corrected chi connectivity index (χ1v) is 8.85. The lowest BCUT2D eigenvalue weighted by atomic mass is 10.1. The lowest BCUT2D eigenvalue weighted by molar-refractivity contribution is 1.42. The van der Waals surface area contributed by atoms with Crippen LogP contribution in [0.5, 0.6) is 0 Å². The van der Waals surface area contributed by atoms with E-state index in [0.717, 1.165) is 33.4 Å². The minimum atomic E-state index is 0.960. The highest BCUT2D eigenvalue weighted by Crippen LogP contribution is 2.32. The average molecular weight is 340 g/mol. The summed E-state index contributed by atoms with van der Waals surface area (Å²) in [5.74, 6) is 0. The summed E-state index contributed by atoms with van der Waals surface area (Å²) in [5, 5.41) is 2.25. The van der Waals surface area contributed by atoms with E-state index in [4.69, 9.17) is 4.99 Å². The first kappa shape index (κ1) is 17.8. The van der Waals surface area contributed by atoms with Gasteiger partial charge in [0.1, 0.15) is 0 Å². The molecule has 0 fully saturated rings. The molecular weight excluding hydrogens is 316 g/mol. The summed E-state index contributed by atoms with van der Waals surface area (Å²) in [7, 11) is 0. The van der Waals surface area contributed by atoms with E-state index >= 15 is 0 Å². The number of hydrogen-bond acceptors (Lipinski definition) is 2. The van der Waals surface area contributed by atoms with Gasteiger partial charge >= 0.3 is 0 Å². The molecule has 0 bridgehead atoms. The second kappa shape index (κ2) is 7.92. The van der Waals surface area contributed by atoms with Crippen molar-refractivity contribution in [3.8, 4) is 0 Å². The number of benzene rings is 3. The van der Waals surface area contributed by atoms with E-state index in [1.54, 1.807) is 0 Å². The molecule has 0 heterocycles. The van der Waals surface area contributed by atoms with Crippen LogP contribution in [-0.4, -0.2) is 11.9 Å². The Bertz CT molecular complexity index is 998. The van der Waals surface area contributed by atoms with Gasteiger partial charge in [-0.05, 0) is 51.0 Å². The van der Waals surface area contributed by atoms with Crippen molar-refractivity contribution in [2.75, 3.05) is 0 Å². The highest BCUT2D eigenvalue weighted by atomic mass is 14.7. The van der Waals surface area contributed by atoms with Crippen molar-refractivity contribution in [3.63, 3.8) is 0 Å². The maximum Gasteiger partial charge on any atom is 0.0709 e. The van der Waals surface area contributed by atoms with Crippen LogP contribution in [0.2, 0.25) is 0 Å². The number of rotatable bonds is 4. The SMILES string of the molecule is CC(C)=Cc1ccc(C=Nc2cccc3c(N=C(C)C)cccc23)cc1. The number of hydrogen-bond donors (Lipinski definition) is 0. The topological polar surface area (TPSA) is 24.7 Å². The van der Waals surface area contributed by atoms with E-state index in [1.807, 2.05) is 44.3 Å². The second-order valence-corrected chi connectivity index (χ2v) is 6.85. The third-order valence-electron chi connectivity index (χ3n) is 3.96. The minimum absolute atomic E-state index is 0.960. The van der Waals surface area contributed by atoms with E-state index in [0.29, 0.717) is 0 Å². The monoisotopic (exact) mass is 340 g/mol. The van der Waals surface area contributed by atoms with Crippen LogP contribution in [0.3, 0.4) is 0 Å². The zero-order chi connectivity index (χ0) is 18.5. The molecule has 3 rings (SSSR count). The van der Waals surface area contributed by atoms with Crippen molar-refractivity contribution in [3.05, 3.63) is 77.4 Å². The van der Waals surface area contributed by atoms with Crippen molar-refractivity contribution in [2.45, 2.75) is 27.7 Å². The van der Waals surface area contributed by atoms with Crippen LogP contribution in [0.15, 0.2) is 76.2 Å². The normalized spacial score (nSPS) is 10.9. The van der Waals surface area contributed by atoms with Gasteiger partial charge in [0, 0.05) is 22.7 Å². The first-order chi connectivity index (χ1) is 12.5. The molecule has 0 aliphatic heterocycles. The zero-order valence-electron chi connectivity index (χ0n) is 15.8. The Balaban J connectivity index is 1.95. The van der Waals surface area contributed by atoms with E-state index in [9.17, 15) is 0 Å². The van der Waals surface area contributed by atoms with Crippen molar-refractivity contribution >= 4 is 40.1 Å². The van der Waals surface area contributed by atoms with Crippen LogP contribution in [-0.2, 0) is 0 Å². The minimum Gasteiger partial charge on any atom is -0.258 e. The van der Waals surface area contributed by atoms with Crippen LogP contribution in [0.25, 0.3) is 16.8 Å². The molecule has 0 aliphatic carbocycles. The summed E-state index contributed by atoms with van der Waals surface area (Å²) in [6.07, 6.45) is 4.09. The quantitative estimate of drug-likeness (QED) is 0.451. The predicted octanol–water partition coefficient (Wildman–Crippen LogP) is 7.13. The van der Waals surface area contributed by atoms with Gasteiger partial charge in [-0.25, -0.2) is 0 Å². The molecule has 3 aromatic carbocycles. The van der Waals surface area contributed by atoms with Gasteiger partial charge < -0.3 is 0 Å². The largest absolute Gasteiger partial charge is 0.258 e. The molecule has 0 amide bonds. The van der Waals surface area contributed by atoms with Crippen LogP contribution in [0.1, 0.15) is 38.8 Å². The maximum absolute atomic E-state index is 4.73. The fraction of sp³-hybridized carbons (Fsp3) is 0.167. The molecule has 3 aromatic rings. The molecule has 0 unspecified atom stereocenters. The molecule has 0 saturated carbocycles. The Morgan fingerprint density at radius 1 is 0.692 bits per heavy atom. The standard InChI is InChI=1S/C24H24N2/c1-17(2)15-19-11-13-20(14-12-19)16-25-23-9-5-8-22-21(23)7-6-10-24(22)26-18(3)4/h5-16H,1-4H3. The van der Waals surface area contributed by atoms with Crippen molar-refractivity contribution in [1.82, 2.24) is 0 Å². The molecule has 0 N–H and O–H groups in total. The molecule has 0 aromatic heterocycles. The summed E-state index contributed by atoms with van der Waals surface area (Å²) in [6, 6.07) is 20.8. The molecule has 130 valence electrons. The van der Waals surface area contributed by atoms with Crippen LogP contribution in [0, 0.1) is 0 Å². The van der Waals surface area contributed by atoms with E-state index in [2.05, 4.69) is 61.3 Å². The second-order valence-electron chi connectivity index (χ2n) is 6.85. The molecule has 0 saturated heterocycles. The van der Waals surface area contributed by atoms with Gasteiger partial charge in [0.2, 0.25) is 0 Å². The number of aliphatic imine (C=N–C) groups is 2. The summed E-state index contributed by atoms with van der Waals surface area (Å²) in [6.45, 7) is 8.24. The summed E-state index contributed by atoms with van der Waals surface area (Å²) in [4.78, 5) is 9.37. The molecular formula is C24H24N2. The van der Waals surface area contributed by atoms with Crippen LogP contribution >= 0.6 is 0 Å². The Morgan fingerprint density at radius 3 is 1.88 bits per heavy atom. The van der Waals surface area contributed by atoms with E-state index in [1.165, 1.54) is 11.1 Å². The van der Waals surface area contributed by atoms with Crippen LogP contribution in [0.4, 0.5) is 11.4 Å². The fourth-order valence-electron chi connectivity index (χ4n) is 2.88. The van der Waals surface area contributed by atoms with Crippen molar-refractivity contribution in [1.29, 1.82) is 0 Å². The molecule has 0 radical (unpaired) electrons. The van der Waals surface area contributed by atoms with Gasteiger partial charge in [-0.2, -0.15) is 0 Å². The Hall–Kier alpha value is -3.00. The number of allylic oxidation sites excluding steroid dienone is 1. The highest BCUT2D eigenvalue weighted by molar-refractivity contribution is 6.02. The van der Waals surface area contributed by atoms with Gasteiger partial charge in [0.15, 0.2) is 0 Å². The van der Waals surface area contributed by atoms with Crippen molar-refractivity contribution < 1.29 is 0 Å². The third-order valence-corrected chi connectivity index (χ3v) is 3.96. The summed E-state index contributed by atoms with van der Waals surface area (Å²) < 4.78 is 0. The molecule has 0 atom stereocenters. The molecule has 0 aliphatic rings. The van der Waals surface area contributed by atoms with Gasteiger partial charge in [-0.15, -0.1) is 0 Å². The number of fused-ring (bicyclic) bond motifs is 1. The molecule has 26 heavy (non-hydrogen) atoms. The third kappa shape index (κ3) is 4.34. The smallest absolute Gasteiger partial charge is 0.0709 e. The highest BCUT2D eigenvalue weighted by Gasteiger charge is 2.03. The zero-order valence-corrected chi connectivity index (χ0v) is 15.8. The summed E-state index contributed by atoms with van der Waals surface area (Å²) in [5.41, 5.74) is 6.59. The van der Waals surface area contributed by atoms with Gasteiger partial charge in [0.05, 0.1) is 11.4 Å². The molecule has 2 heteroatoms. The molecule has 0 spiro atoms. The van der Waals surface area contributed by atoms with Gasteiger partial charge in [-0.1, -0.05) is 60.2 Å². The van der Waals surface area contributed by atoms with Crippen LogP contribution < -0.4 is 0 Å².